The minimum absolute atomic E-state index is 0.0594. The van der Waals surface area contributed by atoms with Gasteiger partial charge >= 0.3 is 0 Å². The van der Waals surface area contributed by atoms with Crippen molar-refractivity contribution in [2.24, 2.45) is 0 Å². The lowest BCUT2D eigenvalue weighted by atomic mass is 10.1. The molecule has 1 saturated heterocycles. The average Bonchev–Trinajstić information content (AvgIpc) is 3.32. The summed E-state index contributed by atoms with van der Waals surface area (Å²) < 4.78 is 5.82. The molecule has 0 bridgehead atoms. The molecule has 0 radical (unpaired) electrons. The number of nitrogens with zero attached hydrogens (tertiary/aromatic N) is 3. The van der Waals surface area contributed by atoms with Gasteiger partial charge in [-0.05, 0) is 42.5 Å². The second-order valence-electron chi connectivity index (χ2n) is 5.59. The summed E-state index contributed by atoms with van der Waals surface area (Å²) in [7, 11) is 0. The molecule has 1 aromatic carbocycles. The summed E-state index contributed by atoms with van der Waals surface area (Å²) in [5, 5.41) is 10.8. The molecule has 1 unspecified atom stereocenters. The highest BCUT2D eigenvalue weighted by Gasteiger charge is 2.34. The second kappa shape index (κ2) is 6.37. The molecule has 1 amide bonds. The Balaban J connectivity index is 1.60. The molecule has 1 aliphatic rings. The van der Waals surface area contributed by atoms with Crippen LogP contribution < -0.4 is 0 Å². The molecule has 2 aromatic heterocycles. The molecule has 5 nitrogen and oxygen atoms in total. The lowest BCUT2D eigenvalue weighted by molar-refractivity contribution is 0.0716. The van der Waals surface area contributed by atoms with Crippen LogP contribution in [0.5, 0.6) is 0 Å². The molecule has 3 heterocycles. The van der Waals surface area contributed by atoms with Gasteiger partial charge in [0.15, 0.2) is 0 Å². The lowest BCUT2D eigenvalue weighted by Gasteiger charge is -2.22. The van der Waals surface area contributed by atoms with E-state index in [0.717, 1.165) is 17.7 Å². The number of likely N-dealkylation sites (tertiary alicyclic amines) is 1. The van der Waals surface area contributed by atoms with E-state index in [1.807, 2.05) is 17.5 Å². The predicted octanol–water partition coefficient (Wildman–Crippen LogP) is 4.43. The van der Waals surface area contributed by atoms with Crippen LogP contribution in [0.25, 0.3) is 10.8 Å². The maximum absolute atomic E-state index is 12.8. The normalized spacial score (nSPS) is 17.4. The van der Waals surface area contributed by atoms with Gasteiger partial charge in [-0.3, -0.25) is 4.79 Å². The van der Waals surface area contributed by atoms with Gasteiger partial charge in [0.2, 0.25) is 5.89 Å². The summed E-state index contributed by atoms with van der Waals surface area (Å²) >= 11 is 7.54. The Hall–Kier alpha value is -2.18. The molecule has 0 aliphatic carbocycles. The summed E-state index contributed by atoms with van der Waals surface area (Å²) in [5.74, 6) is 0.934. The monoisotopic (exact) mass is 359 g/mol. The van der Waals surface area contributed by atoms with Crippen LogP contribution in [0.1, 0.15) is 35.1 Å². The fraction of sp³-hybridized carbons (Fsp3) is 0.235. The lowest BCUT2D eigenvalue weighted by Crippen LogP contribution is -2.30. The minimum atomic E-state index is -0.183. The molecule has 3 aromatic rings. The highest BCUT2D eigenvalue weighted by molar-refractivity contribution is 7.13. The zero-order valence-corrected chi connectivity index (χ0v) is 14.3. The van der Waals surface area contributed by atoms with E-state index in [1.165, 1.54) is 0 Å². The van der Waals surface area contributed by atoms with Crippen LogP contribution in [0, 0.1) is 0 Å². The van der Waals surface area contributed by atoms with E-state index in [1.54, 1.807) is 40.5 Å². The Morgan fingerprint density at radius 1 is 1.29 bits per heavy atom. The van der Waals surface area contributed by atoms with Crippen molar-refractivity contribution in [2.75, 3.05) is 6.54 Å². The fourth-order valence-electron chi connectivity index (χ4n) is 2.92. The summed E-state index contributed by atoms with van der Waals surface area (Å²) in [6.07, 6.45) is 1.73. The van der Waals surface area contributed by atoms with Crippen molar-refractivity contribution in [3.05, 3.63) is 58.3 Å². The Morgan fingerprint density at radius 3 is 3.00 bits per heavy atom. The maximum Gasteiger partial charge on any atom is 0.257 e. The molecular formula is C17H14ClN3O2S. The van der Waals surface area contributed by atoms with E-state index in [4.69, 9.17) is 16.0 Å². The van der Waals surface area contributed by atoms with E-state index in [-0.39, 0.29) is 11.9 Å². The zero-order valence-electron chi connectivity index (χ0n) is 12.7. The van der Waals surface area contributed by atoms with Gasteiger partial charge in [0.1, 0.15) is 6.04 Å². The number of benzene rings is 1. The van der Waals surface area contributed by atoms with Gasteiger partial charge < -0.3 is 9.32 Å². The van der Waals surface area contributed by atoms with Gasteiger partial charge in [0, 0.05) is 17.1 Å². The van der Waals surface area contributed by atoms with E-state index >= 15 is 0 Å². The molecule has 7 heteroatoms. The second-order valence-corrected chi connectivity index (χ2v) is 6.97. The topological polar surface area (TPSA) is 59.2 Å². The van der Waals surface area contributed by atoms with Crippen LogP contribution in [-0.4, -0.2) is 27.5 Å². The molecule has 0 N–H and O–H groups in total. The fourth-order valence-corrected chi connectivity index (χ4v) is 3.76. The van der Waals surface area contributed by atoms with Crippen molar-refractivity contribution in [3.8, 4) is 10.8 Å². The van der Waals surface area contributed by atoms with Crippen LogP contribution in [0.4, 0.5) is 0 Å². The largest absolute Gasteiger partial charge is 0.418 e. The first kappa shape index (κ1) is 15.4. The van der Waals surface area contributed by atoms with Gasteiger partial charge in [-0.25, -0.2) is 0 Å². The first-order valence-electron chi connectivity index (χ1n) is 7.66. The summed E-state index contributed by atoms with van der Waals surface area (Å²) in [6, 6.07) is 10.7. The molecule has 1 fully saturated rings. The third kappa shape index (κ3) is 2.83. The van der Waals surface area contributed by atoms with Gasteiger partial charge in [0.25, 0.3) is 11.8 Å². The van der Waals surface area contributed by atoms with Crippen molar-refractivity contribution in [3.63, 3.8) is 0 Å². The Morgan fingerprint density at radius 2 is 2.21 bits per heavy atom. The molecule has 0 saturated carbocycles. The number of rotatable bonds is 3. The smallest absolute Gasteiger partial charge is 0.257 e. The van der Waals surface area contributed by atoms with Gasteiger partial charge in [-0.15, -0.1) is 21.5 Å². The van der Waals surface area contributed by atoms with Gasteiger partial charge in [-0.2, -0.15) is 0 Å². The van der Waals surface area contributed by atoms with E-state index in [2.05, 4.69) is 10.2 Å². The number of amides is 1. The van der Waals surface area contributed by atoms with Crippen LogP contribution in [0.2, 0.25) is 5.02 Å². The summed E-state index contributed by atoms with van der Waals surface area (Å²) in [4.78, 5) is 15.5. The number of hydrogen-bond acceptors (Lipinski definition) is 5. The SMILES string of the molecule is O=C(c1cccc(Cl)c1)N1CCCC1c1nnc(-c2cccs2)o1. The number of thiophene rings is 1. The first-order valence-corrected chi connectivity index (χ1v) is 8.92. The standard InChI is InChI=1S/C17H14ClN3O2S/c18-12-5-1-4-11(10-12)17(22)21-8-2-6-13(21)15-19-20-16(23-15)14-7-3-9-24-14/h1,3-5,7,9-10,13H,2,6,8H2. The number of hydrogen-bond donors (Lipinski definition) is 0. The number of carbonyl (C=O) groups excluding carboxylic acids is 1. The number of halogens is 1. The van der Waals surface area contributed by atoms with Crippen molar-refractivity contribution in [2.45, 2.75) is 18.9 Å². The highest BCUT2D eigenvalue weighted by Crippen LogP contribution is 2.34. The van der Waals surface area contributed by atoms with Crippen LogP contribution in [0.3, 0.4) is 0 Å². The molecule has 1 atom stereocenters. The minimum Gasteiger partial charge on any atom is -0.418 e. The van der Waals surface area contributed by atoms with E-state index < -0.39 is 0 Å². The van der Waals surface area contributed by atoms with Crippen LogP contribution >= 0.6 is 22.9 Å². The molecule has 0 spiro atoms. The van der Waals surface area contributed by atoms with Crippen LogP contribution in [-0.2, 0) is 0 Å². The molecule has 4 rings (SSSR count). The predicted molar refractivity (Wildman–Crippen MR) is 92.1 cm³/mol. The van der Waals surface area contributed by atoms with E-state index in [9.17, 15) is 4.79 Å². The quantitative estimate of drug-likeness (QED) is 0.694. The van der Waals surface area contributed by atoms with Crippen LogP contribution in [0.15, 0.2) is 46.2 Å². The first-order chi connectivity index (χ1) is 11.7. The molecular weight excluding hydrogens is 346 g/mol. The van der Waals surface area contributed by atoms with E-state index in [0.29, 0.717) is 28.9 Å². The zero-order chi connectivity index (χ0) is 16.5. The Bertz CT molecular complexity index is 862. The summed E-state index contributed by atoms with van der Waals surface area (Å²) in [6.45, 7) is 0.673. The number of carbonyl (C=O) groups is 1. The molecule has 1 aliphatic heterocycles. The van der Waals surface area contributed by atoms with Gasteiger partial charge in [-0.1, -0.05) is 23.7 Å². The van der Waals surface area contributed by atoms with Crippen molar-refractivity contribution in [1.29, 1.82) is 0 Å². The Kier molecular flexibility index (Phi) is 4.08. The third-order valence-electron chi connectivity index (χ3n) is 4.04. The third-order valence-corrected chi connectivity index (χ3v) is 5.14. The Labute approximate surface area is 147 Å². The van der Waals surface area contributed by atoms with Gasteiger partial charge in [0.05, 0.1) is 4.88 Å². The number of aromatic nitrogens is 2. The average molecular weight is 360 g/mol. The van der Waals surface area contributed by atoms with Crippen molar-refractivity contribution in [1.82, 2.24) is 15.1 Å². The highest BCUT2D eigenvalue weighted by atomic mass is 35.5. The molecule has 24 heavy (non-hydrogen) atoms. The molecule has 122 valence electrons. The van der Waals surface area contributed by atoms with Crippen molar-refractivity contribution >= 4 is 28.8 Å². The van der Waals surface area contributed by atoms with Crippen molar-refractivity contribution < 1.29 is 9.21 Å². The maximum atomic E-state index is 12.8. The summed E-state index contributed by atoms with van der Waals surface area (Å²) in [5.41, 5.74) is 0.576.